The lowest BCUT2D eigenvalue weighted by molar-refractivity contribution is 1.10. The molecule has 0 bridgehead atoms. The van der Waals surface area contributed by atoms with Crippen LogP contribution in [0.2, 0.25) is 0 Å². The van der Waals surface area contributed by atoms with Crippen molar-refractivity contribution in [1.29, 1.82) is 0 Å². The van der Waals surface area contributed by atoms with E-state index in [0.717, 1.165) is 26.9 Å². The van der Waals surface area contributed by atoms with Crippen molar-refractivity contribution in [3.8, 4) is 22.8 Å². The summed E-state index contributed by atoms with van der Waals surface area (Å²) in [6.07, 6.45) is 0. The summed E-state index contributed by atoms with van der Waals surface area (Å²) < 4.78 is 1.00. The van der Waals surface area contributed by atoms with Gasteiger partial charge in [0.05, 0.1) is 0 Å². The van der Waals surface area contributed by atoms with Crippen molar-refractivity contribution in [3.63, 3.8) is 0 Å². The second kappa shape index (κ2) is 5.09. The molecule has 1 heterocycles. The molecule has 3 N–H and O–H groups in total. The lowest BCUT2D eigenvalue weighted by Crippen LogP contribution is -1.90. The fourth-order valence-electron chi connectivity index (χ4n) is 1.94. The Morgan fingerprint density at radius 1 is 1.10 bits per heavy atom. The lowest BCUT2D eigenvalue weighted by atomic mass is 10.1. The first-order valence-electron chi connectivity index (χ1n) is 6.18. The van der Waals surface area contributed by atoms with Gasteiger partial charge >= 0.3 is 0 Å². The number of aromatic nitrogens is 3. The number of aryl methyl sites for hydroxylation is 1. The Morgan fingerprint density at radius 2 is 1.95 bits per heavy atom. The highest BCUT2D eigenvalue weighted by Crippen LogP contribution is 2.24. The number of halogens is 1. The number of nitrogens with one attached hydrogen (secondary N) is 1. The summed E-state index contributed by atoms with van der Waals surface area (Å²) >= 11 is 3.45. The highest BCUT2D eigenvalue weighted by Gasteiger charge is 2.08. The highest BCUT2D eigenvalue weighted by molar-refractivity contribution is 9.10. The molecule has 0 aliphatic carbocycles. The van der Waals surface area contributed by atoms with Gasteiger partial charge in [-0.15, -0.1) is 0 Å². The summed E-state index contributed by atoms with van der Waals surface area (Å²) in [6.45, 7) is 1.98. The van der Waals surface area contributed by atoms with Crippen molar-refractivity contribution >= 4 is 21.6 Å². The molecule has 0 amide bonds. The van der Waals surface area contributed by atoms with Crippen LogP contribution in [0.4, 0.5) is 5.69 Å². The van der Waals surface area contributed by atoms with Gasteiger partial charge in [-0.3, -0.25) is 5.10 Å². The van der Waals surface area contributed by atoms with E-state index in [1.54, 1.807) is 0 Å². The quantitative estimate of drug-likeness (QED) is 0.703. The first-order chi connectivity index (χ1) is 9.63. The van der Waals surface area contributed by atoms with Crippen molar-refractivity contribution in [1.82, 2.24) is 15.2 Å². The molecule has 5 heteroatoms. The first-order valence-corrected chi connectivity index (χ1v) is 6.97. The molecule has 1 aromatic heterocycles. The number of aromatic amines is 1. The largest absolute Gasteiger partial charge is 0.398 e. The third-order valence-electron chi connectivity index (χ3n) is 3.12. The van der Waals surface area contributed by atoms with Gasteiger partial charge in [0, 0.05) is 21.3 Å². The van der Waals surface area contributed by atoms with Gasteiger partial charge in [-0.25, -0.2) is 4.98 Å². The normalized spacial score (nSPS) is 10.7. The summed E-state index contributed by atoms with van der Waals surface area (Å²) in [5.41, 5.74) is 9.63. The molecule has 4 nitrogen and oxygen atoms in total. The minimum Gasteiger partial charge on any atom is -0.398 e. The number of benzene rings is 2. The molecular weight excluding hydrogens is 316 g/mol. The van der Waals surface area contributed by atoms with E-state index in [1.807, 2.05) is 49.4 Å². The van der Waals surface area contributed by atoms with E-state index in [4.69, 9.17) is 5.73 Å². The Balaban J connectivity index is 1.99. The van der Waals surface area contributed by atoms with E-state index in [1.165, 1.54) is 0 Å². The third kappa shape index (κ3) is 2.44. The van der Waals surface area contributed by atoms with Crippen LogP contribution in [0.1, 0.15) is 5.56 Å². The smallest absolute Gasteiger partial charge is 0.181 e. The minimum atomic E-state index is 0.667. The molecule has 3 rings (SSSR count). The maximum atomic E-state index is 5.93. The van der Waals surface area contributed by atoms with Crippen LogP contribution in [-0.2, 0) is 0 Å². The molecule has 0 unspecified atom stereocenters. The molecule has 3 aromatic rings. The van der Waals surface area contributed by atoms with Gasteiger partial charge in [0.25, 0.3) is 0 Å². The van der Waals surface area contributed by atoms with Crippen molar-refractivity contribution in [2.75, 3.05) is 5.73 Å². The first kappa shape index (κ1) is 12.9. The summed E-state index contributed by atoms with van der Waals surface area (Å²) in [7, 11) is 0. The average Bonchev–Trinajstić information content (AvgIpc) is 2.92. The minimum absolute atomic E-state index is 0.667. The fourth-order valence-corrected chi connectivity index (χ4v) is 2.33. The summed E-state index contributed by atoms with van der Waals surface area (Å²) in [5.74, 6) is 1.38. The van der Waals surface area contributed by atoms with Crippen molar-refractivity contribution in [2.45, 2.75) is 6.92 Å². The predicted octanol–water partition coefficient (Wildman–Crippen LogP) is 3.79. The maximum Gasteiger partial charge on any atom is 0.181 e. The zero-order valence-electron chi connectivity index (χ0n) is 10.9. The van der Waals surface area contributed by atoms with Crippen LogP contribution in [0.3, 0.4) is 0 Å². The van der Waals surface area contributed by atoms with E-state index in [9.17, 15) is 0 Å². The standard InChI is InChI=1S/C15H13BrN4/c1-9-5-6-11(8-13(9)17)15-18-14(19-20-15)10-3-2-4-12(16)7-10/h2-8H,17H2,1H3,(H,18,19,20). The van der Waals surface area contributed by atoms with E-state index in [0.29, 0.717) is 11.6 Å². The average molecular weight is 329 g/mol. The topological polar surface area (TPSA) is 67.6 Å². The van der Waals surface area contributed by atoms with E-state index in [-0.39, 0.29) is 0 Å². The van der Waals surface area contributed by atoms with E-state index < -0.39 is 0 Å². The third-order valence-corrected chi connectivity index (χ3v) is 3.61. The monoisotopic (exact) mass is 328 g/mol. The highest BCUT2D eigenvalue weighted by atomic mass is 79.9. The van der Waals surface area contributed by atoms with Crippen LogP contribution in [0.15, 0.2) is 46.9 Å². The van der Waals surface area contributed by atoms with Crippen LogP contribution in [0, 0.1) is 6.92 Å². The summed E-state index contributed by atoms with van der Waals surface area (Å²) in [5, 5.41) is 7.21. The predicted molar refractivity (Wildman–Crippen MR) is 84.1 cm³/mol. The van der Waals surface area contributed by atoms with Crippen LogP contribution in [0.5, 0.6) is 0 Å². The van der Waals surface area contributed by atoms with Gasteiger partial charge in [-0.05, 0) is 30.7 Å². The summed E-state index contributed by atoms with van der Waals surface area (Å²) in [4.78, 5) is 4.52. The van der Waals surface area contributed by atoms with Gasteiger partial charge in [-0.2, -0.15) is 5.10 Å². The zero-order valence-corrected chi connectivity index (χ0v) is 12.5. The molecule has 100 valence electrons. The maximum absolute atomic E-state index is 5.93. The molecule has 20 heavy (non-hydrogen) atoms. The SMILES string of the molecule is Cc1ccc(-c2nc(-c3cccc(Br)c3)n[nH]2)cc1N. The Hall–Kier alpha value is -2.14. The lowest BCUT2D eigenvalue weighted by Gasteiger charge is -2.01. The van der Waals surface area contributed by atoms with Crippen LogP contribution >= 0.6 is 15.9 Å². The second-order valence-corrected chi connectivity index (χ2v) is 5.51. The number of nitrogens with zero attached hydrogens (tertiary/aromatic N) is 2. The molecule has 0 saturated heterocycles. The number of nitrogen functional groups attached to an aromatic ring is 1. The van der Waals surface area contributed by atoms with Gasteiger partial charge in [0.2, 0.25) is 0 Å². The molecule has 0 radical (unpaired) electrons. The van der Waals surface area contributed by atoms with Gasteiger partial charge < -0.3 is 5.73 Å². The molecule has 0 aliphatic heterocycles. The fraction of sp³-hybridized carbons (Fsp3) is 0.0667. The van der Waals surface area contributed by atoms with Gasteiger partial charge in [-0.1, -0.05) is 40.2 Å². The molecule has 0 saturated carbocycles. The Morgan fingerprint density at radius 3 is 2.70 bits per heavy atom. The van der Waals surface area contributed by atoms with Crippen molar-refractivity contribution < 1.29 is 0 Å². The van der Waals surface area contributed by atoms with Crippen LogP contribution in [0.25, 0.3) is 22.8 Å². The number of anilines is 1. The Bertz CT molecular complexity index is 764. The zero-order chi connectivity index (χ0) is 14.1. The second-order valence-electron chi connectivity index (χ2n) is 4.59. The van der Waals surface area contributed by atoms with Gasteiger partial charge in [0.1, 0.15) is 0 Å². The molecular formula is C15H13BrN4. The molecule has 2 aromatic carbocycles. The number of nitrogens with two attached hydrogens (primary N) is 1. The van der Waals surface area contributed by atoms with Crippen LogP contribution in [-0.4, -0.2) is 15.2 Å². The molecule has 0 atom stereocenters. The number of hydrogen-bond donors (Lipinski definition) is 2. The van der Waals surface area contributed by atoms with Crippen molar-refractivity contribution in [3.05, 3.63) is 52.5 Å². The molecule has 0 spiro atoms. The number of H-pyrrole nitrogens is 1. The Kier molecular flexibility index (Phi) is 3.28. The van der Waals surface area contributed by atoms with Crippen LogP contribution < -0.4 is 5.73 Å². The Labute approximate surface area is 125 Å². The number of rotatable bonds is 2. The van der Waals surface area contributed by atoms with Gasteiger partial charge in [0.15, 0.2) is 11.6 Å². The molecule has 0 fully saturated rings. The number of hydrogen-bond acceptors (Lipinski definition) is 3. The van der Waals surface area contributed by atoms with E-state index >= 15 is 0 Å². The summed E-state index contributed by atoms with van der Waals surface area (Å²) in [6, 6.07) is 13.7. The molecule has 0 aliphatic rings. The van der Waals surface area contributed by atoms with Crippen molar-refractivity contribution in [2.24, 2.45) is 0 Å². The van der Waals surface area contributed by atoms with E-state index in [2.05, 4.69) is 31.1 Å².